The average Bonchev–Trinajstić information content (AvgIpc) is 2.48. The molecule has 2 aromatic rings. The van der Waals surface area contributed by atoms with Gasteiger partial charge in [0.2, 0.25) is 0 Å². The first-order valence-corrected chi connectivity index (χ1v) is 6.71. The third-order valence-corrected chi connectivity index (χ3v) is 3.50. The molecule has 4 nitrogen and oxygen atoms in total. The van der Waals surface area contributed by atoms with Gasteiger partial charge in [-0.25, -0.2) is 4.79 Å². The number of nitrogens with one attached hydrogen (secondary N) is 1. The molecule has 0 aliphatic carbocycles. The van der Waals surface area contributed by atoms with Gasteiger partial charge < -0.3 is 10.4 Å². The van der Waals surface area contributed by atoms with Gasteiger partial charge in [0.1, 0.15) is 0 Å². The quantitative estimate of drug-likeness (QED) is 0.911. The van der Waals surface area contributed by atoms with Crippen molar-refractivity contribution in [1.82, 2.24) is 5.32 Å². The summed E-state index contributed by atoms with van der Waals surface area (Å²) in [7, 11) is 0. The first-order chi connectivity index (χ1) is 9.99. The molecule has 1 amide bonds. The Morgan fingerprint density at radius 1 is 1.14 bits per heavy atom. The standard InChI is InChI=1S/C16H14ClNO3/c1-10-9-12(7-8-13(10)17)15(19)18-14(16(20)21)11-5-3-2-4-6-11/h2-9,14H,1H3,(H,18,19)(H,20,21). The van der Waals surface area contributed by atoms with Gasteiger partial charge in [0, 0.05) is 10.6 Å². The lowest BCUT2D eigenvalue weighted by Gasteiger charge is -2.15. The summed E-state index contributed by atoms with van der Waals surface area (Å²) in [5.74, 6) is -1.56. The van der Waals surface area contributed by atoms with E-state index in [0.717, 1.165) is 5.56 Å². The molecule has 0 fully saturated rings. The van der Waals surface area contributed by atoms with Crippen LogP contribution in [0.15, 0.2) is 48.5 Å². The maximum atomic E-state index is 12.2. The number of carboxylic acids is 1. The van der Waals surface area contributed by atoms with E-state index in [1.807, 2.05) is 0 Å². The fourth-order valence-electron chi connectivity index (χ4n) is 1.93. The molecule has 21 heavy (non-hydrogen) atoms. The van der Waals surface area contributed by atoms with Gasteiger partial charge in [0.05, 0.1) is 0 Å². The number of aryl methyl sites for hydroxylation is 1. The number of benzene rings is 2. The number of amides is 1. The van der Waals surface area contributed by atoms with Crippen LogP contribution in [0.5, 0.6) is 0 Å². The lowest BCUT2D eigenvalue weighted by Crippen LogP contribution is -2.33. The van der Waals surface area contributed by atoms with E-state index in [4.69, 9.17) is 11.6 Å². The van der Waals surface area contributed by atoms with E-state index in [1.54, 1.807) is 55.5 Å². The number of carbonyl (C=O) groups is 2. The van der Waals surface area contributed by atoms with Gasteiger partial charge in [0.15, 0.2) is 6.04 Å². The van der Waals surface area contributed by atoms with Gasteiger partial charge in [-0.15, -0.1) is 0 Å². The molecule has 2 rings (SSSR count). The number of halogens is 1. The topological polar surface area (TPSA) is 66.4 Å². The highest BCUT2D eigenvalue weighted by Crippen LogP contribution is 2.18. The van der Waals surface area contributed by atoms with Crippen molar-refractivity contribution in [3.63, 3.8) is 0 Å². The first-order valence-electron chi connectivity index (χ1n) is 6.34. The van der Waals surface area contributed by atoms with Crippen LogP contribution in [-0.2, 0) is 4.79 Å². The van der Waals surface area contributed by atoms with Gasteiger partial charge in [-0.05, 0) is 36.2 Å². The van der Waals surface area contributed by atoms with Crippen LogP contribution in [0.25, 0.3) is 0 Å². The monoisotopic (exact) mass is 303 g/mol. The molecule has 0 bridgehead atoms. The molecular weight excluding hydrogens is 290 g/mol. The molecule has 0 aliphatic rings. The SMILES string of the molecule is Cc1cc(C(=O)NC(C(=O)O)c2ccccc2)ccc1Cl. The third-order valence-electron chi connectivity index (χ3n) is 3.08. The highest BCUT2D eigenvalue weighted by atomic mass is 35.5. The predicted octanol–water partition coefficient (Wildman–Crippen LogP) is 3.20. The van der Waals surface area contributed by atoms with E-state index in [9.17, 15) is 14.7 Å². The second-order valence-corrected chi connectivity index (χ2v) is 5.03. The molecule has 2 aromatic carbocycles. The molecule has 0 spiro atoms. The van der Waals surface area contributed by atoms with Crippen LogP contribution in [0.1, 0.15) is 27.5 Å². The molecule has 108 valence electrons. The molecule has 5 heteroatoms. The number of aliphatic carboxylic acids is 1. The van der Waals surface area contributed by atoms with Crippen LogP contribution in [-0.4, -0.2) is 17.0 Å². The van der Waals surface area contributed by atoms with Gasteiger partial charge in [-0.2, -0.15) is 0 Å². The van der Waals surface area contributed by atoms with Crippen LogP contribution in [0.2, 0.25) is 5.02 Å². The van der Waals surface area contributed by atoms with Crippen molar-refractivity contribution in [3.8, 4) is 0 Å². The molecule has 0 saturated carbocycles. The zero-order valence-corrected chi connectivity index (χ0v) is 12.1. The van der Waals surface area contributed by atoms with Gasteiger partial charge in [-0.1, -0.05) is 41.9 Å². The highest BCUT2D eigenvalue weighted by Gasteiger charge is 2.22. The number of carboxylic acid groups (broad SMARTS) is 1. The van der Waals surface area contributed by atoms with Crippen molar-refractivity contribution < 1.29 is 14.7 Å². The molecule has 0 aliphatic heterocycles. The third kappa shape index (κ3) is 3.61. The second kappa shape index (κ2) is 6.41. The minimum absolute atomic E-state index is 0.374. The zero-order valence-electron chi connectivity index (χ0n) is 11.3. The summed E-state index contributed by atoms with van der Waals surface area (Å²) in [6.07, 6.45) is 0. The van der Waals surface area contributed by atoms with Gasteiger partial charge in [0.25, 0.3) is 5.91 Å². The minimum Gasteiger partial charge on any atom is -0.479 e. The summed E-state index contributed by atoms with van der Waals surface area (Å²) < 4.78 is 0. The predicted molar refractivity (Wildman–Crippen MR) is 80.5 cm³/mol. The van der Waals surface area contributed by atoms with Crippen molar-refractivity contribution in [2.45, 2.75) is 13.0 Å². The smallest absolute Gasteiger partial charge is 0.330 e. The number of rotatable bonds is 4. The molecule has 0 aromatic heterocycles. The van der Waals surface area contributed by atoms with E-state index >= 15 is 0 Å². The van der Waals surface area contributed by atoms with Crippen LogP contribution in [0.3, 0.4) is 0 Å². The minimum atomic E-state index is -1.11. The van der Waals surface area contributed by atoms with Crippen LogP contribution in [0.4, 0.5) is 0 Å². The summed E-state index contributed by atoms with van der Waals surface area (Å²) in [6.45, 7) is 1.78. The Bertz CT molecular complexity index is 670. The Labute approximate surface area is 127 Å². The maximum Gasteiger partial charge on any atom is 0.330 e. The fraction of sp³-hybridized carbons (Fsp3) is 0.125. The summed E-state index contributed by atoms with van der Waals surface area (Å²) in [5.41, 5.74) is 1.65. The maximum absolute atomic E-state index is 12.2. The molecule has 1 unspecified atom stereocenters. The number of carbonyl (C=O) groups excluding carboxylic acids is 1. The summed E-state index contributed by atoms with van der Waals surface area (Å²) >= 11 is 5.91. The molecule has 1 atom stereocenters. The first kappa shape index (κ1) is 15.1. The van der Waals surface area contributed by atoms with Crippen LogP contribution in [0, 0.1) is 6.92 Å². The molecule has 2 N–H and O–H groups in total. The fourth-order valence-corrected chi connectivity index (χ4v) is 2.05. The van der Waals surface area contributed by atoms with Crippen molar-refractivity contribution in [2.24, 2.45) is 0 Å². The van der Waals surface area contributed by atoms with Gasteiger partial charge in [-0.3, -0.25) is 4.79 Å². The van der Waals surface area contributed by atoms with E-state index in [-0.39, 0.29) is 0 Å². The Hall–Kier alpha value is -2.33. The Balaban J connectivity index is 2.23. The van der Waals surface area contributed by atoms with E-state index < -0.39 is 17.9 Å². The molecular formula is C16H14ClNO3. The summed E-state index contributed by atoms with van der Waals surface area (Å²) in [4.78, 5) is 23.5. The second-order valence-electron chi connectivity index (χ2n) is 4.62. The average molecular weight is 304 g/mol. The Morgan fingerprint density at radius 3 is 2.38 bits per heavy atom. The lowest BCUT2D eigenvalue weighted by molar-refractivity contribution is -0.139. The van der Waals surface area contributed by atoms with Crippen LogP contribution < -0.4 is 5.32 Å². The molecule has 0 radical (unpaired) electrons. The highest BCUT2D eigenvalue weighted by molar-refractivity contribution is 6.31. The Morgan fingerprint density at radius 2 is 1.81 bits per heavy atom. The van der Waals surface area contributed by atoms with Crippen molar-refractivity contribution in [1.29, 1.82) is 0 Å². The van der Waals surface area contributed by atoms with E-state index in [1.165, 1.54) is 0 Å². The van der Waals surface area contributed by atoms with E-state index in [0.29, 0.717) is 16.1 Å². The van der Waals surface area contributed by atoms with Crippen molar-refractivity contribution >= 4 is 23.5 Å². The number of hydrogen-bond donors (Lipinski definition) is 2. The van der Waals surface area contributed by atoms with Crippen LogP contribution >= 0.6 is 11.6 Å². The largest absolute Gasteiger partial charge is 0.479 e. The van der Waals surface area contributed by atoms with Crippen molar-refractivity contribution in [2.75, 3.05) is 0 Å². The Kier molecular flexibility index (Phi) is 4.60. The number of hydrogen-bond acceptors (Lipinski definition) is 2. The van der Waals surface area contributed by atoms with E-state index in [2.05, 4.69) is 5.32 Å². The molecule has 0 heterocycles. The lowest BCUT2D eigenvalue weighted by atomic mass is 10.1. The summed E-state index contributed by atoms with van der Waals surface area (Å²) in [6, 6.07) is 12.3. The van der Waals surface area contributed by atoms with Gasteiger partial charge >= 0.3 is 5.97 Å². The zero-order chi connectivity index (χ0) is 15.4. The van der Waals surface area contributed by atoms with Crippen molar-refractivity contribution in [3.05, 3.63) is 70.2 Å². The summed E-state index contributed by atoms with van der Waals surface area (Å²) in [5, 5.41) is 12.4. The normalized spacial score (nSPS) is 11.7. The molecule has 0 saturated heterocycles.